The van der Waals surface area contributed by atoms with E-state index in [1.807, 2.05) is 36.4 Å². The standard InChI is InChI=1S/C15H11BrClN3/c16-10-3-4-11(19-8-10)9-20-14-6-5-13(17)15-12(14)2-1-7-18-15/h1-8,20H,9H2. The maximum Gasteiger partial charge on any atom is 0.0908 e. The fraction of sp³-hybridized carbons (Fsp3) is 0.0667. The Kier molecular flexibility index (Phi) is 3.85. The van der Waals surface area contributed by atoms with Gasteiger partial charge in [0.05, 0.1) is 22.8 Å². The number of anilines is 1. The molecule has 3 nitrogen and oxygen atoms in total. The monoisotopic (exact) mass is 347 g/mol. The van der Waals surface area contributed by atoms with E-state index >= 15 is 0 Å². The second-order valence-electron chi connectivity index (χ2n) is 4.32. The largest absolute Gasteiger partial charge is 0.379 e. The highest BCUT2D eigenvalue weighted by atomic mass is 79.9. The number of nitrogens with zero attached hydrogens (tertiary/aromatic N) is 2. The van der Waals surface area contributed by atoms with Crippen LogP contribution in [0.25, 0.3) is 10.9 Å². The highest BCUT2D eigenvalue weighted by Crippen LogP contribution is 2.28. The first-order chi connectivity index (χ1) is 9.74. The van der Waals surface area contributed by atoms with Gasteiger partial charge in [0.15, 0.2) is 0 Å². The number of nitrogens with one attached hydrogen (secondary N) is 1. The van der Waals surface area contributed by atoms with Crippen molar-refractivity contribution >= 4 is 44.1 Å². The quantitative estimate of drug-likeness (QED) is 0.748. The third-order valence-corrected chi connectivity index (χ3v) is 3.74. The lowest BCUT2D eigenvalue weighted by Gasteiger charge is -2.10. The summed E-state index contributed by atoms with van der Waals surface area (Å²) in [4.78, 5) is 8.65. The van der Waals surface area contributed by atoms with Crippen LogP contribution in [-0.2, 0) is 6.54 Å². The first-order valence-electron chi connectivity index (χ1n) is 6.11. The third-order valence-electron chi connectivity index (χ3n) is 2.97. The lowest BCUT2D eigenvalue weighted by atomic mass is 10.2. The Bertz CT molecular complexity index is 744. The summed E-state index contributed by atoms with van der Waals surface area (Å²) in [6.07, 6.45) is 3.53. The molecule has 0 bridgehead atoms. The average Bonchev–Trinajstić information content (AvgIpc) is 2.49. The SMILES string of the molecule is Clc1ccc(NCc2ccc(Br)cn2)c2cccnc12. The minimum atomic E-state index is 0.652. The number of pyridine rings is 2. The number of hydrogen-bond acceptors (Lipinski definition) is 3. The van der Waals surface area contributed by atoms with E-state index in [0.29, 0.717) is 11.6 Å². The van der Waals surface area contributed by atoms with E-state index in [-0.39, 0.29) is 0 Å². The van der Waals surface area contributed by atoms with E-state index in [0.717, 1.165) is 26.8 Å². The Morgan fingerprint density at radius 2 is 2.00 bits per heavy atom. The summed E-state index contributed by atoms with van der Waals surface area (Å²) in [6, 6.07) is 11.7. The zero-order valence-corrected chi connectivity index (χ0v) is 12.8. The van der Waals surface area contributed by atoms with Gasteiger partial charge in [0.1, 0.15) is 0 Å². The summed E-state index contributed by atoms with van der Waals surface area (Å²) in [7, 11) is 0. The van der Waals surface area contributed by atoms with Crippen molar-refractivity contribution in [2.45, 2.75) is 6.54 Å². The molecule has 0 unspecified atom stereocenters. The summed E-state index contributed by atoms with van der Waals surface area (Å²) in [5, 5.41) is 5.05. The van der Waals surface area contributed by atoms with Gasteiger partial charge in [-0.1, -0.05) is 11.6 Å². The van der Waals surface area contributed by atoms with Crippen molar-refractivity contribution in [2.75, 3.05) is 5.32 Å². The molecule has 1 N–H and O–H groups in total. The molecule has 0 aliphatic rings. The lowest BCUT2D eigenvalue weighted by Crippen LogP contribution is -2.02. The van der Waals surface area contributed by atoms with E-state index in [2.05, 4.69) is 31.2 Å². The second kappa shape index (κ2) is 5.77. The van der Waals surface area contributed by atoms with Crippen LogP contribution in [0.3, 0.4) is 0 Å². The van der Waals surface area contributed by atoms with Crippen LogP contribution in [0.15, 0.2) is 53.3 Å². The number of benzene rings is 1. The molecule has 0 aliphatic carbocycles. The van der Waals surface area contributed by atoms with Crippen LogP contribution < -0.4 is 5.32 Å². The minimum Gasteiger partial charge on any atom is -0.379 e. The Morgan fingerprint density at radius 1 is 1.10 bits per heavy atom. The fourth-order valence-corrected chi connectivity index (χ4v) is 2.44. The molecule has 0 atom stereocenters. The van der Waals surface area contributed by atoms with Crippen LogP contribution in [0.1, 0.15) is 5.69 Å². The molecule has 0 spiro atoms. The van der Waals surface area contributed by atoms with Crippen LogP contribution in [0.4, 0.5) is 5.69 Å². The van der Waals surface area contributed by atoms with Crippen molar-refractivity contribution in [3.05, 3.63) is 64.0 Å². The van der Waals surface area contributed by atoms with Gasteiger partial charge >= 0.3 is 0 Å². The molecule has 100 valence electrons. The van der Waals surface area contributed by atoms with Crippen molar-refractivity contribution in [3.63, 3.8) is 0 Å². The van der Waals surface area contributed by atoms with E-state index in [4.69, 9.17) is 11.6 Å². The second-order valence-corrected chi connectivity index (χ2v) is 5.64. The maximum atomic E-state index is 6.16. The molecule has 3 rings (SSSR count). The van der Waals surface area contributed by atoms with Gasteiger partial charge in [0, 0.05) is 27.9 Å². The van der Waals surface area contributed by atoms with Gasteiger partial charge in [-0.2, -0.15) is 0 Å². The van der Waals surface area contributed by atoms with Gasteiger partial charge in [-0.3, -0.25) is 9.97 Å². The molecular formula is C15H11BrClN3. The Morgan fingerprint density at radius 3 is 2.80 bits per heavy atom. The predicted octanol–water partition coefficient (Wildman–Crippen LogP) is 4.66. The molecule has 3 aromatic rings. The van der Waals surface area contributed by atoms with Crippen molar-refractivity contribution in [1.29, 1.82) is 0 Å². The average molecular weight is 349 g/mol. The van der Waals surface area contributed by atoms with Crippen molar-refractivity contribution in [3.8, 4) is 0 Å². The van der Waals surface area contributed by atoms with Crippen molar-refractivity contribution < 1.29 is 0 Å². The first kappa shape index (κ1) is 13.3. The van der Waals surface area contributed by atoms with Gasteiger partial charge in [-0.15, -0.1) is 0 Å². The van der Waals surface area contributed by atoms with Crippen molar-refractivity contribution in [2.24, 2.45) is 0 Å². The van der Waals surface area contributed by atoms with Crippen LogP contribution in [-0.4, -0.2) is 9.97 Å². The smallest absolute Gasteiger partial charge is 0.0908 e. The molecule has 5 heteroatoms. The van der Waals surface area contributed by atoms with Crippen LogP contribution in [0.2, 0.25) is 5.02 Å². The van der Waals surface area contributed by atoms with Gasteiger partial charge < -0.3 is 5.32 Å². The topological polar surface area (TPSA) is 37.8 Å². The molecular weight excluding hydrogens is 338 g/mol. The number of rotatable bonds is 3. The van der Waals surface area contributed by atoms with Crippen LogP contribution >= 0.6 is 27.5 Å². The molecule has 0 aliphatic heterocycles. The molecule has 0 radical (unpaired) electrons. The highest BCUT2D eigenvalue weighted by molar-refractivity contribution is 9.10. The van der Waals surface area contributed by atoms with E-state index in [1.54, 1.807) is 12.4 Å². The third kappa shape index (κ3) is 2.76. The molecule has 2 aromatic heterocycles. The van der Waals surface area contributed by atoms with Gasteiger partial charge in [0.2, 0.25) is 0 Å². The van der Waals surface area contributed by atoms with E-state index in [1.165, 1.54) is 0 Å². The zero-order chi connectivity index (χ0) is 13.9. The highest BCUT2D eigenvalue weighted by Gasteiger charge is 2.05. The van der Waals surface area contributed by atoms with Gasteiger partial charge in [-0.25, -0.2) is 0 Å². The fourth-order valence-electron chi connectivity index (χ4n) is 1.99. The molecule has 0 saturated heterocycles. The summed E-state index contributed by atoms with van der Waals surface area (Å²) in [6.45, 7) is 0.652. The maximum absolute atomic E-state index is 6.16. The number of halogens is 2. The first-order valence-corrected chi connectivity index (χ1v) is 7.29. The molecule has 2 heterocycles. The van der Waals surface area contributed by atoms with Crippen molar-refractivity contribution in [1.82, 2.24) is 9.97 Å². The molecule has 1 aromatic carbocycles. The Balaban J connectivity index is 1.88. The number of fused-ring (bicyclic) bond motifs is 1. The minimum absolute atomic E-state index is 0.652. The predicted molar refractivity (Wildman–Crippen MR) is 86.0 cm³/mol. The normalized spacial score (nSPS) is 10.7. The molecule has 0 fully saturated rings. The summed E-state index contributed by atoms with van der Waals surface area (Å²) < 4.78 is 0.974. The zero-order valence-electron chi connectivity index (χ0n) is 10.5. The van der Waals surface area contributed by atoms with Crippen LogP contribution in [0, 0.1) is 0 Å². The summed E-state index contributed by atoms with van der Waals surface area (Å²) >= 11 is 9.53. The van der Waals surface area contributed by atoms with Gasteiger partial charge in [-0.05, 0) is 52.3 Å². The summed E-state index contributed by atoms with van der Waals surface area (Å²) in [5.74, 6) is 0. The Labute approximate surface area is 130 Å². The summed E-state index contributed by atoms with van der Waals surface area (Å²) in [5.41, 5.74) is 2.78. The molecule has 20 heavy (non-hydrogen) atoms. The Hall–Kier alpha value is -1.65. The molecule has 0 amide bonds. The number of hydrogen-bond donors (Lipinski definition) is 1. The molecule has 0 saturated carbocycles. The van der Waals surface area contributed by atoms with Gasteiger partial charge in [0.25, 0.3) is 0 Å². The van der Waals surface area contributed by atoms with E-state index in [9.17, 15) is 0 Å². The number of aromatic nitrogens is 2. The van der Waals surface area contributed by atoms with Crippen LogP contribution in [0.5, 0.6) is 0 Å². The lowest BCUT2D eigenvalue weighted by molar-refractivity contribution is 1.04. The van der Waals surface area contributed by atoms with E-state index < -0.39 is 0 Å².